The van der Waals surface area contributed by atoms with Crippen LogP contribution in [0.5, 0.6) is 5.75 Å². The molecule has 8 nitrogen and oxygen atoms in total. The van der Waals surface area contributed by atoms with E-state index in [1.165, 1.54) is 0 Å². The Morgan fingerprint density at radius 3 is 2.26 bits per heavy atom. The first-order chi connectivity index (χ1) is 16.0. The van der Waals surface area contributed by atoms with E-state index in [4.69, 9.17) is 4.74 Å². The van der Waals surface area contributed by atoms with Gasteiger partial charge in [-0.1, -0.05) is 13.8 Å². The molecular formula is C23H28F2N4O4S. The van der Waals surface area contributed by atoms with E-state index in [2.05, 4.69) is 28.7 Å². The standard InChI is InChI=1S/C23H28F2N4O4S/c1-14(2)15-12-26-23(27-13-15)28-7-4-16(5-8-28)29-9-6-19(22(29)30)33-20-10-18(25)21(11-17(20)24)34(3,31)32/h10-14,16,19H,4-9H2,1-3H3. The van der Waals surface area contributed by atoms with Gasteiger partial charge in [0, 0.05) is 56.8 Å². The minimum atomic E-state index is -3.92. The number of rotatable bonds is 6. The van der Waals surface area contributed by atoms with E-state index < -0.39 is 38.2 Å². The van der Waals surface area contributed by atoms with Crippen molar-refractivity contribution in [2.75, 3.05) is 30.8 Å². The molecule has 184 valence electrons. The Balaban J connectivity index is 1.37. The van der Waals surface area contributed by atoms with Crippen molar-refractivity contribution < 1.29 is 26.7 Å². The second-order valence-electron chi connectivity index (χ2n) is 9.10. The number of hydrogen-bond donors (Lipinski definition) is 0. The second kappa shape index (κ2) is 9.44. The molecule has 11 heteroatoms. The summed E-state index contributed by atoms with van der Waals surface area (Å²) in [5, 5.41) is 0. The highest BCUT2D eigenvalue weighted by Crippen LogP contribution is 2.30. The van der Waals surface area contributed by atoms with Crippen molar-refractivity contribution in [3.8, 4) is 5.75 Å². The van der Waals surface area contributed by atoms with Gasteiger partial charge in [0.25, 0.3) is 5.91 Å². The summed E-state index contributed by atoms with van der Waals surface area (Å²) in [6.07, 6.45) is 5.35. The first-order valence-corrected chi connectivity index (χ1v) is 13.2. The predicted octanol–water partition coefficient (Wildman–Crippen LogP) is 2.93. The van der Waals surface area contributed by atoms with Crippen LogP contribution in [0.2, 0.25) is 0 Å². The molecule has 1 amide bonds. The molecule has 1 aromatic heterocycles. The van der Waals surface area contributed by atoms with Crippen LogP contribution < -0.4 is 9.64 Å². The molecule has 0 spiro atoms. The fraction of sp³-hybridized carbons (Fsp3) is 0.522. The molecule has 3 heterocycles. The van der Waals surface area contributed by atoms with Crippen LogP contribution in [0, 0.1) is 11.6 Å². The lowest BCUT2D eigenvalue weighted by molar-refractivity contribution is -0.135. The number of carbonyl (C=O) groups excluding carboxylic acids is 1. The van der Waals surface area contributed by atoms with Crippen molar-refractivity contribution >= 4 is 21.7 Å². The zero-order chi connectivity index (χ0) is 24.6. The molecule has 1 aromatic carbocycles. The van der Waals surface area contributed by atoms with Gasteiger partial charge in [-0.3, -0.25) is 4.79 Å². The SMILES string of the molecule is CC(C)c1cnc(N2CCC(N3CCC(Oc4cc(F)c(S(C)(=O)=O)cc4F)C3=O)CC2)nc1. The highest BCUT2D eigenvalue weighted by Gasteiger charge is 2.39. The molecule has 0 saturated carbocycles. The number of piperidine rings is 1. The Labute approximate surface area is 197 Å². The van der Waals surface area contributed by atoms with Crippen molar-refractivity contribution in [1.82, 2.24) is 14.9 Å². The summed E-state index contributed by atoms with van der Waals surface area (Å²) in [6, 6.07) is 1.29. The molecule has 0 aliphatic carbocycles. The van der Waals surface area contributed by atoms with Crippen molar-refractivity contribution in [3.63, 3.8) is 0 Å². The molecule has 2 fully saturated rings. The molecule has 34 heavy (non-hydrogen) atoms. The molecule has 4 rings (SSSR count). The van der Waals surface area contributed by atoms with Gasteiger partial charge in [0.05, 0.1) is 0 Å². The summed E-state index contributed by atoms with van der Waals surface area (Å²) in [5.41, 5.74) is 1.08. The summed E-state index contributed by atoms with van der Waals surface area (Å²) >= 11 is 0. The molecule has 1 unspecified atom stereocenters. The summed E-state index contributed by atoms with van der Waals surface area (Å²) in [4.78, 5) is 25.0. The number of carbonyl (C=O) groups is 1. The molecule has 0 bridgehead atoms. The number of hydrogen-bond acceptors (Lipinski definition) is 7. The number of anilines is 1. The number of halogens is 2. The van der Waals surface area contributed by atoms with Crippen molar-refractivity contribution in [2.45, 2.75) is 56.1 Å². The van der Waals surface area contributed by atoms with Crippen molar-refractivity contribution in [2.24, 2.45) is 0 Å². The maximum Gasteiger partial charge on any atom is 0.263 e. The van der Waals surface area contributed by atoms with Gasteiger partial charge in [-0.25, -0.2) is 27.2 Å². The van der Waals surface area contributed by atoms with Gasteiger partial charge in [-0.15, -0.1) is 0 Å². The highest BCUT2D eigenvalue weighted by molar-refractivity contribution is 7.90. The van der Waals surface area contributed by atoms with Crippen LogP contribution in [0.15, 0.2) is 29.4 Å². The lowest BCUT2D eigenvalue weighted by Crippen LogP contribution is -2.47. The topological polar surface area (TPSA) is 92.7 Å². The van der Waals surface area contributed by atoms with Gasteiger partial charge < -0.3 is 14.5 Å². The van der Waals surface area contributed by atoms with Gasteiger partial charge in [-0.05, 0) is 30.4 Å². The Bertz CT molecular complexity index is 1170. The normalized spacial score (nSPS) is 19.8. The third-order valence-corrected chi connectivity index (χ3v) is 7.47. The van der Waals surface area contributed by atoms with Gasteiger partial charge >= 0.3 is 0 Å². The molecular weight excluding hydrogens is 466 g/mol. The average Bonchev–Trinajstić information content (AvgIpc) is 3.15. The minimum absolute atomic E-state index is 0.0153. The van der Waals surface area contributed by atoms with Gasteiger partial charge in [0.2, 0.25) is 5.95 Å². The van der Waals surface area contributed by atoms with Crippen LogP contribution in [0.3, 0.4) is 0 Å². The Kier molecular flexibility index (Phi) is 6.75. The van der Waals surface area contributed by atoms with Gasteiger partial charge in [-0.2, -0.15) is 0 Å². The first-order valence-electron chi connectivity index (χ1n) is 11.3. The molecule has 2 aromatic rings. The number of aromatic nitrogens is 2. The molecule has 1 atom stereocenters. The molecule has 2 aliphatic heterocycles. The summed E-state index contributed by atoms with van der Waals surface area (Å²) < 4.78 is 57.1. The first kappa shape index (κ1) is 24.3. The second-order valence-corrected chi connectivity index (χ2v) is 11.1. The van der Waals surface area contributed by atoms with E-state index in [1.54, 1.807) is 4.90 Å². The number of benzene rings is 1. The van der Waals surface area contributed by atoms with E-state index in [-0.39, 0.29) is 11.9 Å². The fourth-order valence-corrected chi connectivity index (χ4v) is 5.09. The van der Waals surface area contributed by atoms with E-state index in [0.29, 0.717) is 50.1 Å². The Morgan fingerprint density at radius 1 is 1.03 bits per heavy atom. The summed E-state index contributed by atoms with van der Waals surface area (Å²) in [5.74, 6) is -1.85. The van der Waals surface area contributed by atoms with Crippen LogP contribution >= 0.6 is 0 Å². The Hall–Kier alpha value is -2.82. The van der Waals surface area contributed by atoms with Gasteiger partial charge in [0.1, 0.15) is 10.7 Å². The average molecular weight is 495 g/mol. The predicted molar refractivity (Wildman–Crippen MR) is 122 cm³/mol. The molecule has 2 saturated heterocycles. The van der Waals surface area contributed by atoms with E-state index in [1.807, 2.05) is 12.4 Å². The molecule has 0 radical (unpaired) electrons. The van der Waals surface area contributed by atoms with Crippen LogP contribution in [-0.4, -0.2) is 67.2 Å². The number of likely N-dealkylation sites (tertiary alicyclic amines) is 1. The largest absolute Gasteiger partial charge is 0.477 e. The smallest absolute Gasteiger partial charge is 0.263 e. The zero-order valence-corrected chi connectivity index (χ0v) is 20.2. The van der Waals surface area contributed by atoms with Gasteiger partial charge in [0.15, 0.2) is 27.5 Å². The third kappa shape index (κ3) is 4.98. The maximum atomic E-state index is 14.4. The van der Waals surface area contributed by atoms with Crippen LogP contribution in [-0.2, 0) is 14.6 Å². The lowest BCUT2D eigenvalue weighted by Gasteiger charge is -2.36. The number of amides is 1. The van der Waals surface area contributed by atoms with Crippen LogP contribution in [0.25, 0.3) is 0 Å². The molecule has 2 aliphatic rings. The van der Waals surface area contributed by atoms with E-state index in [0.717, 1.165) is 24.7 Å². The number of nitrogens with zero attached hydrogens (tertiary/aromatic N) is 4. The molecule has 0 N–H and O–H groups in total. The minimum Gasteiger partial charge on any atom is -0.477 e. The zero-order valence-electron chi connectivity index (χ0n) is 19.4. The van der Waals surface area contributed by atoms with Crippen LogP contribution in [0.4, 0.5) is 14.7 Å². The number of ether oxygens (including phenoxy) is 1. The maximum absolute atomic E-state index is 14.4. The summed E-state index contributed by atoms with van der Waals surface area (Å²) in [7, 11) is -3.92. The van der Waals surface area contributed by atoms with Crippen molar-refractivity contribution in [3.05, 3.63) is 41.7 Å². The Morgan fingerprint density at radius 2 is 1.68 bits per heavy atom. The van der Waals surface area contributed by atoms with Crippen molar-refractivity contribution in [1.29, 1.82) is 0 Å². The third-order valence-electron chi connectivity index (χ3n) is 6.36. The quantitative estimate of drug-likeness (QED) is 0.610. The van der Waals surface area contributed by atoms with E-state index in [9.17, 15) is 22.0 Å². The van der Waals surface area contributed by atoms with Crippen LogP contribution in [0.1, 0.15) is 44.6 Å². The lowest BCUT2D eigenvalue weighted by atomic mass is 10.0. The highest BCUT2D eigenvalue weighted by atomic mass is 32.2. The van der Waals surface area contributed by atoms with E-state index >= 15 is 0 Å². The monoisotopic (exact) mass is 494 g/mol. The number of sulfone groups is 1. The summed E-state index contributed by atoms with van der Waals surface area (Å²) in [6.45, 7) is 6.04. The fourth-order valence-electron chi connectivity index (χ4n) is 4.36.